The second-order valence-corrected chi connectivity index (χ2v) is 7.04. The summed E-state index contributed by atoms with van der Waals surface area (Å²) < 4.78 is 0. The maximum Gasteiger partial charge on any atom is 0.376 e. The molecule has 2 aromatic carbocycles. The molecule has 0 fully saturated rings. The monoisotopic (exact) mass is 521 g/mol. The van der Waals surface area contributed by atoms with Gasteiger partial charge in [0.05, 0.1) is 39.9 Å². The molecule has 0 aliphatic heterocycles. The van der Waals surface area contributed by atoms with E-state index in [0.717, 1.165) is 36.4 Å². The van der Waals surface area contributed by atoms with E-state index < -0.39 is 69.2 Å². The van der Waals surface area contributed by atoms with Crippen molar-refractivity contribution in [3.05, 3.63) is 69.8 Å². The normalized spacial score (nSPS) is 10.5. The average Bonchev–Trinajstić information content (AvgIpc) is 2.86. The number of carbonyl (C=O) groups excluding carboxylic acids is 2. The van der Waals surface area contributed by atoms with E-state index in [0.29, 0.717) is 18.1 Å². The van der Waals surface area contributed by atoms with Gasteiger partial charge in [-0.3, -0.25) is 9.78 Å². The molecule has 196 valence electrons. The Morgan fingerprint density at radius 2 is 1.05 bits per heavy atom. The number of carboxylic acids is 4. The first-order chi connectivity index (χ1) is 17.5. The van der Waals surface area contributed by atoms with Crippen LogP contribution in [0.4, 0.5) is 0 Å². The fourth-order valence-corrected chi connectivity index (χ4v) is 2.68. The molecule has 0 amide bonds. The number of nitrogens with zero attached hydrogens (tertiary/aromatic N) is 1. The van der Waals surface area contributed by atoms with Crippen LogP contribution < -0.4 is 0 Å². The molecule has 0 spiro atoms. The number of aromatic carboxylic acids is 4. The van der Waals surface area contributed by atoms with E-state index in [9.17, 15) is 39.0 Å². The Morgan fingerprint density at radius 3 is 1.38 bits per heavy atom. The molecular formula is C22H19NO14. The quantitative estimate of drug-likeness (QED) is 0.219. The van der Waals surface area contributed by atoms with Crippen molar-refractivity contribution in [2.45, 2.75) is 19.8 Å². The van der Waals surface area contributed by atoms with E-state index in [1.54, 1.807) is 6.92 Å². The van der Waals surface area contributed by atoms with Crippen LogP contribution in [0.15, 0.2) is 36.4 Å². The first kappa shape index (κ1) is 28.4. The molecule has 0 saturated carbocycles. The molecule has 37 heavy (non-hydrogen) atoms. The van der Waals surface area contributed by atoms with Gasteiger partial charge >= 0.3 is 35.8 Å². The Kier molecular flexibility index (Phi) is 9.76. The standard InChI is InChI=1S/C22H19NO14/c1-2-3-8-23(36-34-21(32)15-9-11(17(24)25)4-6-13(15)19(28)29)37-35-22(33)16-10-12(18(26)27)5-7-14(16)20(30)31/h4-7,9-10H,2-3,8H2,1H3,(H,24,25)(H,26,27)(H,28,29)(H,30,31). The van der Waals surface area contributed by atoms with Crippen molar-refractivity contribution in [2.24, 2.45) is 0 Å². The van der Waals surface area contributed by atoms with Crippen molar-refractivity contribution in [1.29, 1.82) is 0 Å². The van der Waals surface area contributed by atoms with Crippen LogP contribution in [0, 0.1) is 0 Å². The zero-order valence-electron chi connectivity index (χ0n) is 18.9. The summed E-state index contributed by atoms with van der Waals surface area (Å²) in [5.41, 5.74) is -3.35. The van der Waals surface area contributed by atoms with Crippen LogP contribution in [0.5, 0.6) is 0 Å². The first-order valence-electron chi connectivity index (χ1n) is 10.2. The number of hydrogen-bond donors (Lipinski definition) is 4. The van der Waals surface area contributed by atoms with Crippen molar-refractivity contribution in [2.75, 3.05) is 6.54 Å². The summed E-state index contributed by atoms with van der Waals surface area (Å²) in [7, 11) is 0. The van der Waals surface area contributed by atoms with Gasteiger partial charge in [-0.15, -0.1) is 0 Å². The Morgan fingerprint density at radius 1 is 0.649 bits per heavy atom. The molecule has 0 aromatic heterocycles. The minimum atomic E-state index is -1.56. The van der Waals surface area contributed by atoms with E-state index >= 15 is 0 Å². The summed E-state index contributed by atoms with van der Waals surface area (Å²) in [6, 6.07) is 5.17. The second-order valence-electron chi connectivity index (χ2n) is 7.04. The van der Waals surface area contributed by atoms with Gasteiger partial charge in [0.1, 0.15) is 0 Å². The van der Waals surface area contributed by atoms with Crippen molar-refractivity contribution >= 4 is 35.8 Å². The molecule has 15 nitrogen and oxygen atoms in total. The molecule has 0 unspecified atom stereocenters. The summed E-state index contributed by atoms with van der Waals surface area (Å²) >= 11 is 0. The minimum Gasteiger partial charge on any atom is -0.478 e. The third kappa shape index (κ3) is 7.56. The summed E-state index contributed by atoms with van der Waals surface area (Å²) in [4.78, 5) is 88.2. The number of carboxylic acid groups (broad SMARTS) is 4. The van der Waals surface area contributed by atoms with E-state index in [-0.39, 0.29) is 6.54 Å². The van der Waals surface area contributed by atoms with Crippen molar-refractivity contribution in [3.63, 3.8) is 0 Å². The average molecular weight is 521 g/mol. The lowest BCUT2D eigenvalue weighted by atomic mass is 10.0. The summed E-state index contributed by atoms with van der Waals surface area (Å²) in [6.45, 7) is 1.56. The summed E-state index contributed by atoms with van der Waals surface area (Å²) in [5, 5.41) is 37.0. The fraction of sp³-hybridized carbons (Fsp3) is 0.182. The van der Waals surface area contributed by atoms with Crippen LogP contribution in [0.3, 0.4) is 0 Å². The van der Waals surface area contributed by atoms with Gasteiger partial charge in [-0.2, -0.15) is 0 Å². The van der Waals surface area contributed by atoms with Crippen LogP contribution in [-0.2, 0) is 19.8 Å². The van der Waals surface area contributed by atoms with Crippen LogP contribution >= 0.6 is 0 Å². The van der Waals surface area contributed by atoms with Gasteiger partial charge in [-0.05, 0) is 42.8 Å². The maximum absolute atomic E-state index is 12.4. The van der Waals surface area contributed by atoms with Gasteiger partial charge in [-0.25, -0.2) is 28.8 Å². The van der Waals surface area contributed by atoms with Gasteiger partial charge < -0.3 is 20.4 Å². The Balaban J connectivity index is 2.18. The van der Waals surface area contributed by atoms with Crippen molar-refractivity contribution in [1.82, 2.24) is 5.23 Å². The molecule has 0 aliphatic rings. The lowest BCUT2D eigenvalue weighted by Crippen LogP contribution is -2.29. The van der Waals surface area contributed by atoms with Crippen molar-refractivity contribution in [3.8, 4) is 0 Å². The molecule has 2 rings (SSSR count). The number of hydrogen-bond acceptors (Lipinski definition) is 11. The molecule has 0 atom stereocenters. The number of benzene rings is 2. The Bertz CT molecular complexity index is 1150. The highest BCUT2D eigenvalue weighted by Crippen LogP contribution is 2.17. The zero-order chi connectivity index (χ0) is 27.7. The minimum absolute atomic E-state index is 0.195. The van der Waals surface area contributed by atoms with Gasteiger partial charge in [0.25, 0.3) is 0 Å². The van der Waals surface area contributed by atoms with E-state index in [4.69, 9.17) is 10.2 Å². The number of carbonyl (C=O) groups is 6. The predicted molar refractivity (Wildman–Crippen MR) is 115 cm³/mol. The van der Waals surface area contributed by atoms with Gasteiger partial charge in [0, 0.05) is 5.23 Å². The summed E-state index contributed by atoms with van der Waals surface area (Å²) in [5.74, 6) is -8.87. The van der Waals surface area contributed by atoms with Gasteiger partial charge in [0.2, 0.25) is 0 Å². The lowest BCUT2D eigenvalue weighted by Gasteiger charge is -2.17. The molecule has 0 heterocycles. The van der Waals surface area contributed by atoms with Gasteiger partial charge in [-0.1, -0.05) is 23.3 Å². The number of hydroxylamine groups is 2. The highest BCUT2D eigenvalue weighted by atomic mass is 17.4. The van der Waals surface area contributed by atoms with Gasteiger partial charge in [0.15, 0.2) is 0 Å². The van der Waals surface area contributed by atoms with Crippen LogP contribution in [-0.4, -0.2) is 68.0 Å². The largest absolute Gasteiger partial charge is 0.478 e. The Hall–Kier alpha value is -4.86. The topological polar surface area (TPSA) is 223 Å². The molecule has 0 aliphatic carbocycles. The van der Waals surface area contributed by atoms with Crippen LogP contribution in [0.2, 0.25) is 0 Å². The molecule has 0 saturated heterocycles. The SMILES string of the molecule is CCCCN(OOC(=O)c1cc(C(=O)O)ccc1C(=O)O)OOC(=O)c1cc(C(=O)O)ccc1C(=O)O. The second kappa shape index (κ2) is 12.7. The highest BCUT2D eigenvalue weighted by Gasteiger charge is 2.25. The van der Waals surface area contributed by atoms with E-state index in [2.05, 4.69) is 19.8 Å². The Labute approximate surface area is 206 Å². The van der Waals surface area contributed by atoms with Crippen LogP contribution in [0.25, 0.3) is 0 Å². The molecule has 4 N–H and O–H groups in total. The zero-order valence-corrected chi connectivity index (χ0v) is 18.9. The first-order valence-corrected chi connectivity index (χ1v) is 10.2. The molecule has 0 radical (unpaired) electrons. The van der Waals surface area contributed by atoms with Crippen molar-refractivity contribution < 1.29 is 68.9 Å². The fourth-order valence-electron chi connectivity index (χ4n) is 2.68. The smallest absolute Gasteiger partial charge is 0.376 e. The third-order valence-corrected chi connectivity index (χ3v) is 4.52. The lowest BCUT2D eigenvalue weighted by molar-refractivity contribution is -0.571. The van der Waals surface area contributed by atoms with E-state index in [1.807, 2.05) is 0 Å². The number of unbranched alkanes of at least 4 members (excludes halogenated alkanes) is 1. The maximum atomic E-state index is 12.4. The highest BCUT2D eigenvalue weighted by molar-refractivity contribution is 6.05. The molecule has 0 bridgehead atoms. The molecular weight excluding hydrogens is 502 g/mol. The third-order valence-electron chi connectivity index (χ3n) is 4.52. The molecule has 15 heteroatoms. The van der Waals surface area contributed by atoms with E-state index in [1.165, 1.54) is 0 Å². The molecule has 2 aromatic rings. The summed E-state index contributed by atoms with van der Waals surface area (Å²) in [6.07, 6.45) is 0.859. The predicted octanol–water partition coefficient (Wildman–Crippen LogP) is 2.29. The van der Waals surface area contributed by atoms with Crippen LogP contribution in [0.1, 0.15) is 81.9 Å². The number of rotatable bonds is 13.